The molecule has 0 saturated carbocycles. The average Bonchev–Trinajstić information content (AvgIpc) is 2.19. The van der Waals surface area contributed by atoms with E-state index in [1.807, 2.05) is 6.92 Å². The number of nitrogens with one attached hydrogen (secondary N) is 2. The summed E-state index contributed by atoms with van der Waals surface area (Å²) in [6, 6.07) is 4.65. The van der Waals surface area contributed by atoms with Crippen LogP contribution in [0.4, 0.5) is 10.5 Å². The molecule has 1 aromatic carbocycles. The smallest absolute Gasteiger partial charge is 0.319 e. The zero-order chi connectivity index (χ0) is 11.3. The van der Waals surface area contributed by atoms with Crippen LogP contribution in [0.15, 0.2) is 18.2 Å². The molecule has 0 aliphatic heterocycles. The fourth-order valence-electron chi connectivity index (χ4n) is 0.996. The minimum absolute atomic E-state index is 0.263. The molecule has 0 aliphatic rings. The van der Waals surface area contributed by atoms with Crippen LogP contribution in [0, 0.1) is 0 Å². The number of halogens is 2. The number of rotatable bonds is 3. The van der Waals surface area contributed by atoms with Crippen molar-refractivity contribution in [1.82, 2.24) is 5.32 Å². The van der Waals surface area contributed by atoms with Crippen LogP contribution < -0.4 is 10.6 Å². The van der Waals surface area contributed by atoms with Crippen molar-refractivity contribution in [3.05, 3.63) is 28.2 Å². The van der Waals surface area contributed by atoms with Gasteiger partial charge in [-0.15, -0.1) is 0 Å². The summed E-state index contributed by atoms with van der Waals surface area (Å²) < 4.78 is 0. The van der Waals surface area contributed by atoms with Crippen LogP contribution in [-0.2, 0) is 0 Å². The van der Waals surface area contributed by atoms with Crippen LogP contribution >= 0.6 is 23.2 Å². The van der Waals surface area contributed by atoms with Crippen molar-refractivity contribution >= 4 is 34.9 Å². The van der Waals surface area contributed by atoms with Crippen molar-refractivity contribution in [3.8, 4) is 0 Å². The van der Waals surface area contributed by atoms with E-state index in [2.05, 4.69) is 10.6 Å². The zero-order valence-electron chi connectivity index (χ0n) is 8.31. The van der Waals surface area contributed by atoms with Crippen LogP contribution in [-0.4, -0.2) is 12.6 Å². The summed E-state index contributed by atoms with van der Waals surface area (Å²) in [5, 5.41) is 6.28. The first-order valence-corrected chi connectivity index (χ1v) is 5.39. The fraction of sp³-hybridized carbons (Fsp3) is 0.300. The summed E-state index contributed by atoms with van der Waals surface area (Å²) in [6.45, 7) is 2.62. The highest BCUT2D eigenvalue weighted by Gasteiger charge is 2.04. The third-order valence-electron chi connectivity index (χ3n) is 1.71. The lowest BCUT2D eigenvalue weighted by Crippen LogP contribution is -2.29. The van der Waals surface area contributed by atoms with E-state index in [1.54, 1.807) is 18.2 Å². The molecule has 0 spiro atoms. The van der Waals surface area contributed by atoms with Gasteiger partial charge in [-0.2, -0.15) is 0 Å². The van der Waals surface area contributed by atoms with Crippen molar-refractivity contribution in [1.29, 1.82) is 0 Å². The molecule has 0 saturated heterocycles. The van der Waals surface area contributed by atoms with Gasteiger partial charge in [-0.3, -0.25) is 0 Å². The molecule has 0 aliphatic carbocycles. The molecule has 5 heteroatoms. The molecular weight excluding hydrogens is 235 g/mol. The van der Waals surface area contributed by atoms with E-state index in [4.69, 9.17) is 23.2 Å². The number of carbonyl (C=O) groups excluding carboxylic acids is 1. The van der Waals surface area contributed by atoms with Crippen LogP contribution in [0.1, 0.15) is 13.3 Å². The summed E-state index contributed by atoms with van der Waals surface area (Å²) in [6.07, 6.45) is 0.891. The number of carbonyl (C=O) groups is 1. The predicted octanol–water partition coefficient (Wildman–Crippen LogP) is 3.52. The Bertz CT molecular complexity index is 355. The highest BCUT2D eigenvalue weighted by molar-refractivity contribution is 6.36. The van der Waals surface area contributed by atoms with E-state index in [0.717, 1.165) is 6.42 Å². The third-order valence-corrected chi connectivity index (χ3v) is 2.26. The molecule has 1 rings (SSSR count). The average molecular weight is 247 g/mol. The van der Waals surface area contributed by atoms with Gasteiger partial charge < -0.3 is 10.6 Å². The molecule has 82 valence electrons. The van der Waals surface area contributed by atoms with E-state index >= 15 is 0 Å². The Morgan fingerprint density at radius 1 is 1.40 bits per heavy atom. The van der Waals surface area contributed by atoms with Gasteiger partial charge in [0.2, 0.25) is 0 Å². The van der Waals surface area contributed by atoms with Gasteiger partial charge in [-0.1, -0.05) is 30.1 Å². The van der Waals surface area contributed by atoms with E-state index in [1.165, 1.54) is 0 Å². The molecule has 0 atom stereocenters. The topological polar surface area (TPSA) is 41.1 Å². The van der Waals surface area contributed by atoms with Gasteiger partial charge in [-0.25, -0.2) is 4.79 Å². The largest absolute Gasteiger partial charge is 0.338 e. The van der Waals surface area contributed by atoms with Crippen molar-refractivity contribution < 1.29 is 4.79 Å². The minimum Gasteiger partial charge on any atom is -0.338 e. The van der Waals surface area contributed by atoms with Crippen LogP contribution in [0.3, 0.4) is 0 Å². The summed E-state index contributed by atoms with van der Waals surface area (Å²) in [5.41, 5.74) is 0.551. The molecule has 2 amide bonds. The maximum absolute atomic E-state index is 11.3. The summed E-state index contributed by atoms with van der Waals surface area (Å²) in [5.74, 6) is 0. The van der Waals surface area contributed by atoms with Gasteiger partial charge in [0.15, 0.2) is 0 Å². The second kappa shape index (κ2) is 5.83. The zero-order valence-corrected chi connectivity index (χ0v) is 9.82. The number of hydrogen-bond acceptors (Lipinski definition) is 1. The monoisotopic (exact) mass is 246 g/mol. The summed E-state index contributed by atoms with van der Waals surface area (Å²) in [7, 11) is 0. The number of urea groups is 1. The van der Waals surface area contributed by atoms with Crippen molar-refractivity contribution in [2.75, 3.05) is 11.9 Å². The number of benzene rings is 1. The Labute approximate surface area is 98.8 Å². The Hall–Kier alpha value is -0.930. The molecule has 0 fully saturated rings. The molecular formula is C10H12Cl2N2O. The highest BCUT2D eigenvalue weighted by Crippen LogP contribution is 2.25. The lowest BCUT2D eigenvalue weighted by atomic mass is 10.3. The SMILES string of the molecule is CCCNC(=O)Nc1ccc(Cl)cc1Cl. The number of anilines is 1. The van der Waals surface area contributed by atoms with Gasteiger partial charge in [0, 0.05) is 11.6 Å². The summed E-state index contributed by atoms with van der Waals surface area (Å²) >= 11 is 11.6. The molecule has 0 bridgehead atoms. The Morgan fingerprint density at radius 3 is 2.73 bits per heavy atom. The standard InChI is InChI=1S/C10H12Cl2N2O/c1-2-5-13-10(15)14-9-4-3-7(11)6-8(9)12/h3-4,6H,2,5H2,1H3,(H2,13,14,15). The van der Waals surface area contributed by atoms with Crippen LogP contribution in [0.2, 0.25) is 10.0 Å². The third kappa shape index (κ3) is 3.98. The van der Waals surface area contributed by atoms with E-state index < -0.39 is 0 Å². The van der Waals surface area contributed by atoms with E-state index in [-0.39, 0.29) is 6.03 Å². The van der Waals surface area contributed by atoms with Gasteiger partial charge in [0.05, 0.1) is 10.7 Å². The van der Waals surface area contributed by atoms with Crippen molar-refractivity contribution in [3.63, 3.8) is 0 Å². The van der Waals surface area contributed by atoms with Gasteiger partial charge >= 0.3 is 6.03 Å². The maximum Gasteiger partial charge on any atom is 0.319 e. The maximum atomic E-state index is 11.3. The lowest BCUT2D eigenvalue weighted by molar-refractivity contribution is 0.252. The Morgan fingerprint density at radius 2 is 2.13 bits per heavy atom. The number of hydrogen-bond donors (Lipinski definition) is 2. The second-order valence-corrected chi connectivity index (χ2v) is 3.85. The molecule has 0 radical (unpaired) electrons. The van der Waals surface area contributed by atoms with E-state index in [9.17, 15) is 4.79 Å². The first-order chi connectivity index (χ1) is 7.13. The molecule has 3 nitrogen and oxygen atoms in total. The molecule has 0 aromatic heterocycles. The molecule has 0 unspecified atom stereocenters. The first kappa shape index (κ1) is 12.1. The molecule has 2 N–H and O–H groups in total. The van der Waals surface area contributed by atoms with Crippen LogP contribution in [0.25, 0.3) is 0 Å². The van der Waals surface area contributed by atoms with Crippen LogP contribution in [0.5, 0.6) is 0 Å². The Balaban J connectivity index is 2.60. The Kier molecular flexibility index (Phi) is 4.72. The molecule has 1 aromatic rings. The minimum atomic E-state index is -0.263. The molecule has 0 heterocycles. The normalized spacial score (nSPS) is 9.80. The number of amides is 2. The fourth-order valence-corrected chi connectivity index (χ4v) is 1.45. The predicted molar refractivity (Wildman–Crippen MR) is 63.8 cm³/mol. The highest BCUT2D eigenvalue weighted by atomic mass is 35.5. The molecule has 15 heavy (non-hydrogen) atoms. The van der Waals surface area contributed by atoms with Gasteiger partial charge in [0.1, 0.15) is 0 Å². The summed E-state index contributed by atoms with van der Waals surface area (Å²) in [4.78, 5) is 11.3. The first-order valence-electron chi connectivity index (χ1n) is 4.63. The van der Waals surface area contributed by atoms with Gasteiger partial charge in [-0.05, 0) is 24.6 Å². The quantitative estimate of drug-likeness (QED) is 0.842. The lowest BCUT2D eigenvalue weighted by Gasteiger charge is -2.08. The second-order valence-electron chi connectivity index (χ2n) is 3.01. The van der Waals surface area contributed by atoms with Gasteiger partial charge in [0.25, 0.3) is 0 Å². The van der Waals surface area contributed by atoms with Crippen molar-refractivity contribution in [2.45, 2.75) is 13.3 Å². The van der Waals surface area contributed by atoms with E-state index in [0.29, 0.717) is 22.3 Å². The van der Waals surface area contributed by atoms with Crippen molar-refractivity contribution in [2.24, 2.45) is 0 Å².